The van der Waals surface area contributed by atoms with Crippen LogP contribution in [0.5, 0.6) is 0 Å². The number of aromatic amines is 1. The number of nitrogens with two attached hydrogens (primary N) is 1. The highest BCUT2D eigenvalue weighted by Crippen LogP contribution is 2.42. The summed E-state index contributed by atoms with van der Waals surface area (Å²) >= 11 is 0. The molecule has 5 rings (SSSR count). The molecular weight excluding hydrogens is 503 g/mol. The van der Waals surface area contributed by atoms with E-state index in [9.17, 15) is 14.4 Å². The quantitative estimate of drug-likeness (QED) is 0.261. The molecule has 8 heteroatoms. The van der Waals surface area contributed by atoms with Crippen molar-refractivity contribution >= 4 is 5.91 Å². The van der Waals surface area contributed by atoms with Gasteiger partial charge in [-0.05, 0) is 80.1 Å². The summed E-state index contributed by atoms with van der Waals surface area (Å²) in [6.45, 7) is 3.75. The van der Waals surface area contributed by atoms with Crippen LogP contribution in [0.2, 0.25) is 0 Å². The van der Waals surface area contributed by atoms with Crippen LogP contribution < -0.4 is 11.1 Å². The first-order chi connectivity index (χ1) is 19.2. The van der Waals surface area contributed by atoms with Crippen molar-refractivity contribution in [3.05, 3.63) is 107 Å². The number of benzene rings is 3. The van der Waals surface area contributed by atoms with Crippen LogP contribution in [0.4, 0.5) is 4.39 Å². The first-order valence-corrected chi connectivity index (χ1v) is 13.6. The van der Waals surface area contributed by atoms with Crippen molar-refractivity contribution in [1.29, 1.82) is 5.26 Å². The second-order valence-electron chi connectivity index (χ2n) is 11.0. The van der Waals surface area contributed by atoms with E-state index in [1.54, 1.807) is 24.3 Å². The number of hydrogen-bond acceptors (Lipinski definition) is 5. The van der Waals surface area contributed by atoms with E-state index in [0.717, 1.165) is 42.4 Å². The van der Waals surface area contributed by atoms with E-state index in [2.05, 4.69) is 21.6 Å². The van der Waals surface area contributed by atoms with E-state index in [4.69, 9.17) is 10.7 Å². The summed E-state index contributed by atoms with van der Waals surface area (Å²) in [7, 11) is 0. The fourth-order valence-corrected chi connectivity index (χ4v) is 5.47. The molecular formula is C32H33FN6O. The van der Waals surface area contributed by atoms with Gasteiger partial charge in [0.15, 0.2) is 5.82 Å². The van der Waals surface area contributed by atoms with Gasteiger partial charge in [-0.1, -0.05) is 55.3 Å². The fourth-order valence-electron chi connectivity index (χ4n) is 5.47. The predicted molar refractivity (Wildman–Crippen MR) is 152 cm³/mol. The van der Waals surface area contributed by atoms with Crippen LogP contribution in [-0.2, 0) is 17.4 Å². The number of hydrogen-bond donors (Lipinski definition) is 3. The Morgan fingerprint density at radius 3 is 2.52 bits per heavy atom. The fraction of sp³-hybridized carbons (Fsp3) is 0.312. The van der Waals surface area contributed by atoms with Gasteiger partial charge in [-0.15, -0.1) is 0 Å². The lowest BCUT2D eigenvalue weighted by Gasteiger charge is -2.23. The van der Waals surface area contributed by atoms with Gasteiger partial charge in [-0.2, -0.15) is 10.4 Å². The van der Waals surface area contributed by atoms with Crippen LogP contribution in [0.3, 0.4) is 0 Å². The Kier molecular flexibility index (Phi) is 7.51. The molecule has 4 aromatic rings. The van der Waals surface area contributed by atoms with Crippen molar-refractivity contribution in [2.24, 2.45) is 5.73 Å². The van der Waals surface area contributed by atoms with Crippen LogP contribution in [0.1, 0.15) is 78.4 Å². The Balaban J connectivity index is 1.48. The third kappa shape index (κ3) is 5.65. The summed E-state index contributed by atoms with van der Waals surface area (Å²) in [5.41, 5.74) is 8.91. The topological polar surface area (TPSA) is 120 Å². The van der Waals surface area contributed by atoms with Gasteiger partial charge < -0.3 is 11.1 Å². The van der Waals surface area contributed by atoms with Crippen LogP contribution in [0.25, 0.3) is 11.4 Å². The second-order valence-corrected chi connectivity index (χ2v) is 11.0. The number of H-pyrrole nitrogens is 1. The minimum Gasteiger partial charge on any atom is -0.346 e. The normalized spacial score (nSPS) is 16.6. The van der Waals surface area contributed by atoms with Crippen LogP contribution in [0, 0.1) is 17.1 Å². The molecule has 40 heavy (non-hydrogen) atoms. The SMILES string of the molecule is C[C@@H](NC(=O)c1cc(-c2n[nH]c([C@](C)(N)Cc3ccccc3)n2)cc(C2(C#N)CCCC2)c1)c1ccc(F)cc1. The molecule has 204 valence electrons. The van der Waals surface area contributed by atoms with Gasteiger partial charge in [0.25, 0.3) is 5.91 Å². The summed E-state index contributed by atoms with van der Waals surface area (Å²) in [4.78, 5) is 18.2. The van der Waals surface area contributed by atoms with Gasteiger partial charge in [-0.3, -0.25) is 9.89 Å². The summed E-state index contributed by atoms with van der Waals surface area (Å²) in [6, 6.07) is 23.7. The van der Waals surface area contributed by atoms with E-state index in [1.807, 2.05) is 50.2 Å². The third-order valence-corrected chi connectivity index (χ3v) is 7.84. The number of aromatic nitrogens is 3. The zero-order chi connectivity index (χ0) is 28.3. The molecule has 1 fully saturated rings. The maximum atomic E-state index is 13.5. The zero-order valence-corrected chi connectivity index (χ0v) is 22.7. The maximum absolute atomic E-state index is 13.5. The first-order valence-electron chi connectivity index (χ1n) is 13.6. The molecule has 1 heterocycles. The standard InChI is InChI=1S/C32H33FN6O/c1-21(23-10-12-27(33)13-11-23)36-29(40)25-16-24(17-26(18-25)32(20-34)14-6-7-15-32)28-37-30(39-38-28)31(2,35)19-22-8-4-3-5-9-22/h3-5,8-13,16-18,21H,6-7,14-15,19,35H2,1-2H3,(H,36,40)(H,37,38,39)/t21-,31-/m1/s1. The highest BCUT2D eigenvalue weighted by Gasteiger charge is 2.37. The maximum Gasteiger partial charge on any atom is 0.251 e. The highest BCUT2D eigenvalue weighted by atomic mass is 19.1. The van der Waals surface area contributed by atoms with E-state index < -0.39 is 11.0 Å². The average molecular weight is 537 g/mol. The van der Waals surface area contributed by atoms with Gasteiger partial charge in [0.2, 0.25) is 0 Å². The number of nitrogens with zero attached hydrogens (tertiary/aromatic N) is 3. The van der Waals surface area contributed by atoms with E-state index in [1.165, 1.54) is 12.1 Å². The zero-order valence-electron chi connectivity index (χ0n) is 22.7. The smallest absolute Gasteiger partial charge is 0.251 e. The van der Waals surface area contributed by atoms with Crippen molar-refractivity contribution in [3.63, 3.8) is 0 Å². The van der Waals surface area contributed by atoms with Crippen LogP contribution in [-0.4, -0.2) is 21.1 Å². The minimum atomic E-state index is -0.797. The molecule has 0 saturated heterocycles. The van der Waals surface area contributed by atoms with Gasteiger partial charge in [0.1, 0.15) is 11.6 Å². The Hall–Kier alpha value is -4.35. The molecule has 1 amide bonds. The lowest BCUT2D eigenvalue weighted by atomic mass is 9.79. The van der Waals surface area contributed by atoms with E-state index in [-0.39, 0.29) is 17.8 Å². The largest absolute Gasteiger partial charge is 0.346 e. The second kappa shape index (κ2) is 11.0. The summed E-state index contributed by atoms with van der Waals surface area (Å²) < 4.78 is 13.4. The summed E-state index contributed by atoms with van der Waals surface area (Å²) in [5, 5.41) is 20.7. The molecule has 1 aromatic heterocycles. The minimum absolute atomic E-state index is 0.297. The van der Waals surface area contributed by atoms with Crippen LogP contribution in [0.15, 0.2) is 72.8 Å². The van der Waals surface area contributed by atoms with Gasteiger partial charge in [-0.25, -0.2) is 9.37 Å². The monoisotopic (exact) mass is 536 g/mol. The number of carbonyl (C=O) groups is 1. The molecule has 4 N–H and O–H groups in total. The van der Waals surface area contributed by atoms with Crippen molar-refractivity contribution < 1.29 is 9.18 Å². The molecule has 1 aliphatic rings. The van der Waals surface area contributed by atoms with E-state index >= 15 is 0 Å². The van der Waals surface area contributed by atoms with Gasteiger partial charge in [0, 0.05) is 11.1 Å². The Morgan fingerprint density at radius 1 is 1.15 bits per heavy atom. The molecule has 1 saturated carbocycles. The van der Waals surface area contributed by atoms with Gasteiger partial charge >= 0.3 is 0 Å². The Labute approximate surface area is 233 Å². The molecule has 0 unspecified atom stereocenters. The molecule has 0 bridgehead atoms. The Bertz CT molecular complexity index is 1530. The molecule has 1 aliphatic carbocycles. The number of halogens is 1. The lowest BCUT2D eigenvalue weighted by molar-refractivity contribution is 0.0939. The average Bonchev–Trinajstić information content (AvgIpc) is 3.65. The number of carbonyl (C=O) groups excluding carboxylic acids is 1. The first kappa shape index (κ1) is 27.2. The van der Waals surface area contributed by atoms with Crippen molar-refractivity contribution in [2.45, 2.75) is 62.9 Å². The van der Waals surface area contributed by atoms with Crippen molar-refractivity contribution in [2.75, 3.05) is 0 Å². The molecule has 2 atom stereocenters. The molecule has 7 nitrogen and oxygen atoms in total. The number of nitriles is 1. The molecule has 3 aromatic carbocycles. The van der Waals surface area contributed by atoms with Crippen molar-refractivity contribution in [3.8, 4) is 17.5 Å². The lowest BCUT2D eigenvalue weighted by Crippen LogP contribution is -2.36. The number of amides is 1. The summed E-state index contributed by atoms with van der Waals surface area (Å²) in [6.07, 6.45) is 3.94. The Morgan fingerprint density at radius 2 is 1.85 bits per heavy atom. The number of rotatable bonds is 8. The molecule has 0 radical (unpaired) electrons. The predicted octanol–water partition coefficient (Wildman–Crippen LogP) is 5.85. The molecule has 0 spiro atoms. The highest BCUT2D eigenvalue weighted by molar-refractivity contribution is 5.96. The number of nitrogens with one attached hydrogen (secondary N) is 2. The molecule has 0 aliphatic heterocycles. The van der Waals surface area contributed by atoms with Crippen molar-refractivity contribution in [1.82, 2.24) is 20.5 Å². The third-order valence-electron chi connectivity index (χ3n) is 7.84. The van der Waals surface area contributed by atoms with Gasteiger partial charge in [0.05, 0.1) is 23.1 Å². The summed E-state index contributed by atoms with van der Waals surface area (Å²) in [5.74, 6) is 0.313. The van der Waals surface area contributed by atoms with E-state index in [0.29, 0.717) is 29.2 Å². The van der Waals surface area contributed by atoms with Crippen LogP contribution >= 0.6 is 0 Å².